The summed E-state index contributed by atoms with van der Waals surface area (Å²) < 4.78 is 5.33. The van der Waals surface area contributed by atoms with Crippen molar-refractivity contribution in [3.05, 3.63) is 57.8 Å². The van der Waals surface area contributed by atoms with Gasteiger partial charge in [-0.05, 0) is 73.4 Å². The second-order valence-electron chi connectivity index (χ2n) is 10.1. The fourth-order valence-corrected chi connectivity index (χ4v) is 4.87. The summed E-state index contributed by atoms with van der Waals surface area (Å²) in [4.78, 5) is 15.2. The van der Waals surface area contributed by atoms with Crippen LogP contribution in [-0.4, -0.2) is 36.0 Å². The Hall–Kier alpha value is -2.34. The molecule has 2 aromatic rings. The smallest absolute Gasteiger partial charge is 0.404 e. The van der Waals surface area contributed by atoms with E-state index in [0.717, 1.165) is 26.2 Å². The van der Waals surface area contributed by atoms with Gasteiger partial charge in [-0.3, -0.25) is 15.0 Å². The molecule has 1 aromatic carbocycles. The van der Waals surface area contributed by atoms with E-state index in [1.54, 1.807) is 6.07 Å². The summed E-state index contributed by atoms with van der Waals surface area (Å²) in [6, 6.07) is 12.3. The predicted molar refractivity (Wildman–Crippen MR) is 119 cm³/mol. The molecule has 162 valence electrons. The number of hydrogen-bond donors (Lipinski definition) is 0. The molecule has 0 saturated carbocycles. The SMILES string of the molecule is CC(C)(C)c1ccc(N2CCC3(CCN(Cc4ccc([N+](=O)[O-])o4)CC3)CC2)cc1. The minimum atomic E-state index is -0.473. The molecule has 4 rings (SSSR count). The molecule has 2 aliphatic rings. The number of likely N-dealkylation sites (tertiary alicyclic amines) is 1. The lowest BCUT2D eigenvalue weighted by Gasteiger charge is -2.47. The van der Waals surface area contributed by atoms with Gasteiger partial charge < -0.3 is 9.32 Å². The summed E-state index contributed by atoms with van der Waals surface area (Å²) in [6.45, 7) is 11.8. The van der Waals surface area contributed by atoms with Gasteiger partial charge in [0.25, 0.3) is 0 Å². The molecule has 0 unspecified atom stereocenters. The Balaban J connectivity index is 1.28. The van der Waals surface area contributed by atoms with E-state index in [9.17, 15) is 10.1 Å². The number of benzene rings is 1. The summed E-state index contributed by atoms with van der Waals surface area (Å²) in [5, 5.41) is 10.8. The maximum Gasteiger partial charge on any atom is 0.433 e. The van der Waals surface area contributed by atoms with Crippen molar-refractivity contribution in [2.75, 3.05) is 31.1 Å². The Morgan fingerprint density at radius 3 is 2.10 bits per heavy atom. The van der Waals surface area contributed by atoms with Gasteiger partial charge in [0.2, 0.25) is 0 Å². The number of piperidine rings is 2. The average molecular weight is 412 g/mol. The molecule has 6 nitrogen and oxygen atoms in total. The van der Waals surface area contributed by atoms with Crippen LogP contribution in [0.3, 0.4) is 0 Å². The molecule has 0 radical (unpaired) electrons. The molecule has 0 amide bonds. The maximum atomic E-state index is 10.8. The summed E-state index contributed by atoms with van der Waals surface area (Å²) in [5.74, 6) is 0.521. The van der Waals surface area contributed by atoms with Gasteiger partial charge in [-0.15, -0.1) is 0 Å². The van der Waals surface area contributed by atoms with Crippen molar-refractivity contribution in [1.29, 1.82) is 0 Å². The lowest BCUT2D eigenvalue weighted by molar-refractivity contribution is -0.402. The van der Waals surface area contributed by atoms with Gasteiger partial charge in [0, 0.05) is 18.8 Å². The molecule has 30 heavy (non-hydrogen) atoms. The Labute approximate surface area is 179 Å². The maximum absolute atomic E-state index is 10.8. The zero-order chi connectivity index (χ0) is 21.4. The highest BCUT2D eigenvalue weighted by molar-refractivity contribution is 5.49. The Morgan fingerprint density at radius 2 is 1.57 bits per heavy atom. The second-order valence-corrected chi connectivity index (χ2v) is 10.1. The summed E-state index contributed by atoms with van der Waals surface area (Å²) in [5.41, 5.74) is 3.37. The quantitative estimate of drug-likeness (QED) is 0.500. The Kier molecular flexibility index (Phi) is 5.62. The fraction of sp³-hybridized carbons (Fsp3) is 0.583. The minimum Gasteiger partial charge on any atom is -0.404 e. The lowest BCUT2D eigenvalue weighted by Crippen LogP contribution is -2.46. The van der Waals surface area contributed by atoms with Crippen LogP contribution in [0.4, 0.5) is 11.6 Å². The van der Waals surface area contributed by atoms with E-state index in [0.29, 0.717) is 17.7 Å². The van der Waals surface area contributed by atoms with Crippen molar-refractivity contribution < 1.29 is 9.34 Å². The van der Waals surface area contributed by atoms with Crippen molar-refractivity contribution in [3.63, 3.8) is 0 Å². The number of anilines is 1. The van der Waals surface area contributed by atoms with Gasteiger partial charge in [-0.25, -0.2) is 0 Å². The molecule has 0 atom stereocenters. The molecule has 1 spiro atoms. The molecular formula is C24H33N3O3. The normalized spacial score (nSPS) is 19.9. The first-order valence-corrected chi connectivity index (χ1v) is 11.1. The number of nitro groups is 1. The summed E-state index contributed by atoms with van der Waals surface area (Å²) in [6.07, 6.45) is 4.89. The monoisotopic (exact) mass is 411 g/mol. The minimum absolute atomic E-state index is 0.165. The fourth-order valence-electron chi connectivity index (χ4n) is 4.87. The topological polar surface area (TPSA) is 62.8 Å². The Morgan fingerprint density at radius 1 is 0.967 bits per heavy atom. The molecule has 3 heterocycles. The molecular weight excluding hydrogens is 378 g/mol. The van der Waals surface area contributed by atoms with E-state index in [4.69, 9.17) is 4.42 Å². The van der Waals surface area contributed by atoms with E-state index in [2.05, 4.69) is 54.8 Å². The first-order valence-electron chi connectivity index (χ1n) is 11.1. The largest absolute Gasteiger partial charge is 0.433 e. The van der Waals surface area contributed by atoms with Crippen LogP contribution < -0.4 is 4.90 Å². The Bertz CT molecular complexity index is 864. The lowest BCUT2D eigenvalue weighted by atomic mass is 9.71. The van der Waals surface area contributed by atoms with Crippen molar-refractivity contribution in [2.24, 2.45) is 5.41 Å². The van der Waals surface area contributed by atoms with Gasteiger partial charge in [0.15, 0.2) is 0 Å². The number of nitrogens with zero attached hydrogens (tertiary/aromatic N) is 3. The molecule has 2 fully saturated rings. The molecule has 6 heteroatoms. The van der Waals surface area contributed by atoms with E-state index >= 15 is 0 Å². The third kappa shape index (κ3) is 4.53. The predicted octanol–water partition coefficient (Wildman–Crippen LogP) is 5.37. The van der Waals surface area contributed by atoms with Crippen LogP contribution in [0.2, 0.25) is 0 Å². The van der Waals surface area contributed by atoms with Crippen LogP contribution in [0.1, 0.15) is 57.8 Å². The standard InChI is InChI=1S/C24H33N3O3/c1-23(2,3)19-4-6-20(7-5-19)26-16-12-24(13-17-26)10-14-25(15-11-24)18-21-8-9-22(30-21)27(28)29/h4-9H,10-18H2,1-3H3. The van der Waals surface area contributed by atoms with Crippen LogP contribution in [0, 0.1) is 15.5 Å². The molecule has 0 aliphatic carbocycles. The van der Waals surface area contributed by atoms with Crippen molar-refractivity contribution in [1.82, 2.24) is 4.90 Å². The third-order valence-corrected chi connectivity index (χ3v) is 7.05. The van der Waals surface area contributed by atoms with Crippen LogP contribution in [-0.2, 0) is 12.0 Å². The van der Waals surface area contributed by atoms with Gasteiger partial charge in [-0.2, -0.15) is 0 Å². The molecule has 2 saturated heterocycles. The molecule has 0 N–H and O–H groups in total. The zero-order valence-corrected chi connectivity index (χ0v) is 18.4. The molecule has 2 aliphatic heterocycles. The first-order chi connectivity index (χ1) is 14.2. The van der Waals surface area contributed by atoms with Crippen molar-refractivity contribution in [2.45, 2.75) is 58.4 Å². The van der Waals surface area contributed by atoms with Gasteiger partial charge in [-0.1, -0.05) is 32.9 Å². The number of furan rings is 1. The first kappa shape index (κ1) is 20.9. The second kappa shape index (κ2) is 8.06. The van der Waals surface area contributed by atoms with Crippen LogP contribution in [0.5, 0.6) is 0 Å². The highest BCUT2D eigenvalue weighted by Gasteiger charge is 2.37. The van der Waals surface area contributed by atoms with Gasteiger partial charge >= 0.3 is 5.88 Å². The summed E-state index contributed by atoms with van der Waals surface area (Å²) in [7, 11) is 0. The van der Waals surface area contributed by atoms with Crippen molar-refractivity contribution >= 4 is 11.6 Å². The molecule has 0 bridgehead atoms. The van der Waals surface area contributed by atoms with Gasteiger partial charge in [0.1, 0.15) is 10.7 Å². The third-order valence-electron chi connectivity index (χ3n) is 7.05. The van der Waals surface area contributed by atoms with Crippen LogP contribution in [0.25, 0.3) is 0 Å². The van der Waals surface area contributed by atoms with Gasteiger partial charge in [0.05, 0.1) is 12.6 Å². The number of hydrogen-bond acceptors (Lipinski definition) is 5. The average Bonchev–Trinajstić information content (AvgIpc) is 3.19. The summed E-state index contributed by atoms with van der Waals surface area (Å²) >= 11 is 0. The molecule has 1 aromatic heterocycles. The highest BCUT2D eigenvalue weighted by atomic mass is 16.6. The number of rotatable bonds is 4. The van der Waals surface area contributed by atoms with Crippen molar-refractivity contribution in [3.8, 4) is 0 Å². The zero-order valence-electron chi connectivity index (χ0n) is 18.4. The van der Waals surface area contributed by atoms with Crippen LogP contribution in [0.15, 0.2) is 40.8 Å². The van der Waals surface area contributed by atoms with Crippen LogP contribution >= 0.6 is 0 Å². The highest BCUT2D eigenvalue weighted by Crippen LogP contribution is 2.42. The van der Waals surface area contributed by atoms with E-state index in [1.165, 1.54) is 43.0 Å². The van der Waals surface area contributed by atoms with E-state index in [1.807, 2.05) is 0 Å². The van der Waals surface area contributed by atoms with E-state index < -0.39 is 4.92 Å². The van der Waals surface area contributed by atoms with E-state index in [-0.39, 0.29) is 11.3 Å².